The Bertz CT molecular complexity index is 351. The Morgan fingerprint density at radius 2 is 2.00 bits per heavy atom. The summed E-state index contributed by atoms with van der Waals surface area (Å²) in [6, 6.07) is 6.41. The standard InChI is InChI=1S/C12H17FN2O/c1-9(15(3)8-12(16)14-2)10-4-6-11(13)7-5-10/h4-7,9H,8H2,1-3H3,(H,14,16). The van der Waals surface area contributed by atoms with E-state index in [0.717, 1.165) is 5.56 Å². The number of nitrogens with zero attached hydrogens (tertiary/aromatic N) is 1. The number of hydrogen-bond donors (Lipinski definition) is 1. The van der Waals surface area contributed by atoms with Gasteiger partial charge in [-0.15, -0.1) is 0 Å². The number of nitrogens with one attached hydrogen (secondary N) is 1. The fraction of sp³-hybridized carbons (Fsp3) is 0.417. The summed E-state index contributed by atoms with van der Waals surface area (Å²) in [6.45, 7) is 2.31. The van der Waals surface area contributed by atoms with Crippen molar-refractivity contribution in [3.63, 3.8) is 0 Å². The number of carbonyl (C=O) groups excluding carboxylic acids is 1. The van der Waals surface area contributed by atoms with E-state index < -0.39 is 0 Å². The van der Waals surface area contributed by atoms with Crippen LogP contribution < -0.4 is 5.32 Å². The molecule has 1 amide bonds. The van der Waals surface area contributed by atoms with Crippen LogP contribution in [0.3, 0.4) is 0 Å². The van der Waals surface area contributed by atoms with Gasteiger partial charge in [-0.2, -0.15) is 0 Å². The van der Waals surface area contributed by atoms with Gasteiger partial charge in [0.2, 0.25) is 5.91 Å². The summed E-state index contributed by atoms with van der Waals surface area (Å²) in [7, 11) is 3.47. The highest BCUT2D eigenvalue weighted by Crippen LogP contribution is 2.18. The maximum atomic E-state index is 12.7. The van der Waals surface area contributed by atoms with Crippen molar-refractivity contribution >= 4 is 5.91 Å². The third kappa shape index (κ3) is 3.31. The number of carbonyl (C=O) groups is 1. The van der Waals surface area contributed by atoms with Crippen LogP contribution in [0.15, 0.2) is 24.3 Å². The van der Waals surface area contributed by atoms with Crippen molar-refractivity contribution in [2.75, 3.05) is 20.6 Å². The Hall–Kier alpha value is -1.42. The van der Waals surface area contributed by atoms with E-state index >= 15 is 0 Å². The first kappa shape index (κ1) is 12.6. The monoisotopic (exact) mass is 224 g/mol. The van der Waals surface area contributed by atoms with Crippen molar-refractivity contribution < 1.29 is 9.18 Å². The van der Waals surface area contributed by atoms with Gasteiger partial charge in [-0.25, -0.2) is 4.39 Å². The summed E-state index contributed by atoms with van der Waals surface area (Å²) in [6.07, 6.45) is 0. The highest BCUT2D eigenvalue weighted by atomic mass is 19.1. The Morgan fingerprint density at radius 3 is 2.50 bits per heavy atom. The molecule has 1 rings (SSSR count). The second-order valence-electron chi connectivity index (χ2n) is 3.82. The van der Waals surface area contributed by atoms with Crippen molar-refractivity contribution in [1.82, 2.24) is 10.2 Å². The van der Waals surface area contributed by atoms with Crippen molar-refractivity contribution in [3.8, 4) is 0 Å². The van der Waals surface area contributed by atoms with Crippen LogP contribution in [0.2, 0.25) is 0 Å². The maximum Gasteiger partial charge on any atom is 0.233 e. The molecule has 4 heteroatoms. The van der Waals surface area contributed by atoms with Crippen LogP contribution in [0, 0.1) is 5.82 Å². The molecule has 0 aromatic heterocycles. The lowest BCUT2D eigenvalue weighted by atomic mass is 10.1. The molecular formula is C12H17FN2O. The molecule has 88 valence electrons. The minimum absolute atomic E-state index is 0.0311. The van der Waals surface area contributed by atoms with Gasteiger partial charge >= 0.3 is 0 Å². The molecule has 3 nitrogen and oxygen atoms in total. The van der Waals surface area contributed by atoms with Crippen molar-refractivity contribution in [1.29, 1.82) is 0 Å². The maximum absolute atomic E-state index is 12.7. The lowest BCUT2D eigenvalue weighted by molar-refractivity contribution is -0.121. The topological polar surface area (TPSA) is 32.3 Å². The Balaban J connectivity index is 2.66. The zero-order valence-electron chi connectivity index (χ0n) is 9.83. The van der Waals surface area contributed by atoms with Crippen molar-refractivity contribution in [2.24, 2.45) is 0 Å². The van der Waals surface area contributed by atoms with Gasteiger partial charge in [0.15, 0.2) is 0 Å². The molecule has 0 radical (unpaired) electrons. The van der Waals surface area contributed by atoms with E-state index in [1.165, 1.54) is 12.1 Å². The molecule has 0 bridgehead atoms. The van der Waals surface area contributed by atoms with Gasteiger partial charge in [-0.05, 0) is 31.7 Å². The third-order valence-electron chi connectivity index (χ3n) is 2.69. The third-order valence-corrected chi connectivity index (χ3v) is 2.69. The number of hydrogen-bond acceptors (Lipinski definition) is 2. The number of benzene rings is 1. The molecule has 0 spiro atoms. The molecule has 16 heavy (non-hydrogen) atoms. The summed E-state index contributed by atoms with van der Waals surface area (Å²) in [5.41, 5.74) is 0.993. The predicted octanol–water partition coefficient (Wildman–Crippen LogP) is 1.56. The molecule has 0 aliphatic carbocycles. The summed E-state index contributed by atoms with van der Waals surface area (Å²) in [4.78, 5) is 13.1. The highest BCUT2D eigenvalue weighted by Gasteiger charge is 2.13. The first-order valence-electron chi connectivity index (χ1n) is 5.21. The zero-order valence-corrected chi connectivity index (χ0v) is 9.83. The Morgan fingerprint density at radius 1 is 1.44 bits per heavy atom. The van der Waals surface area contributed by atoms with E-state index in [4.69, 9.17) is 0 Å². The molecule has 1 aromatic rings. The molecule has 0 aliphatic heterocycles. The molecule has 0 heterocycles. The summed E-state index contributed by atoms with van der Waals surface area (Å²) in [5.74, 6) is -0.277. The van der Waals surface area contributed by atoms with E-state index in [9.17, 15) is 9.18 Å². The van der Waals surface area contributed by atoms with E-state index in [2.05, 4.69) is 5.32 Å². The number of rotatable bonds is 4. The first-order valence-corrected chi connectivity index (χ1v) is 5.21. The quantitative estimate of drug-likeness (QED) is 0.842. The summed E-state index contributed by atoms with van der Waals surface area (Å²) >= 11 is 0. The molecule has 0 saturated carbocycles. The fourth-order valence-corrected chi connectivity index (χ4v) is 1.44. The highest BCUT2D eigenvalue weighted by molar-refractivity contribution is 5.77. The average Bonchev–Trinajstić information content (AvgIpc) is 2.28. The van der Waals surface area contributed by atoms with Gasteiger partial charge in [0.05, 0.1) is 6.54 Å². The second kappa shape index (κ2) is 5.61. The second-order valence-corrected chi connectivity index (χ2v) is 3.82. The minimum Gasteiger partial charge on any atom is -0.358 e. The molecule has 1 atom stereocenters. The first-order chi connectivity index (χ1) is 7.54. The normalized spacial score (nSPS) is 12.6. The van der Waals surface area contributed by atoms with Gasteiger partial charge in [-0.1, -0.05) is 12.1 Å². The molecule has 0 fully saturated rings. The van der Waals surface area contributed by atoms with Crippen LogP contribution in [-0.4, -0.2) is 31.4 Å². The van der Waals surface area contributed by atoms with Gasteiger partial charge in [0.25, 0.3) is 0 Å². The van der Waals surface area contributed by atoms with Gasteiger partial charge in [0, 0.05) is 13.1 Å². The van der Waals surface area contributed by atoms with Gasteiger partial charge < -0.3 is 5.32 Å². The fourth-order valence-electron chi connectivity index (χ4n) is 1.44. The van der Waals surface area contributed by atoms with Crippen LogP contribution in [0.4, 0.5) is 4.39 Å². The lowest BCUT2D eigenvalue weighted by Gasteiger charge is -2.24. The van der Waals surface area contributed by atoms with Gasteiger partial charge in [-0.3, -0.25) is 9.69 Å². The van der Waals surface area contributed by atoms with E-state index in [-0.39, 0.29) is 17.8 Å². The number of halogens is 1. The van der Waals surface area contributed by atoms with E-state index in [1.807, 2.05) is 18.9 Å². The number of likely N-dealkylation sites (N-methyl/N-ethyl adjacent to an activating group) is 2. The number of amides is 1. The van der Waals surface area contributed by atoms with Crippen LogP contribution in [0.1, 0.15) is 18.5 Å². The van der Waals surface area contributed by atoms with Crippen LogP contribution >= 0.6 is 0 Å². The Labute approximate surface area is 95.3 Å². The van der Waals surface area contributed by atoms with Crippen molar-refractivity contribution in [3.05, 3.63) is 35.6 Å². The average molecular weight is 224 g/mol. The van der Waals surface area contributed by atoms with Crippen molar-refractivity contribution in [2.45, 2.75) is 13.0 Å². The zero-order chi connectivity index (χ0) is 12.1. The van der Waals surface area contributed by atoms with E-state index in [0.29, 0.717) is 6.54 Å². The van der Waals surface area contributed by atoms with E-state index in [1.54, 1.807) is 19.2 Å². The van der Waals surface area contributed by atoms with Gasteiger partial charge in [0.1, 0.15) is 5.82 Å². The smallest absolute Gasteiger partial charge is 0.233 e. The minimum atomic E-state index is -0.245. The van der Waals surface area contributed by atoms with Crippen LogP contribution in [-0.2, 0) is 4.79 Å². The molecule has 1 aromatic carbocycles. The Kier molecular flexibility index (Phi) is 4.43. The van der Waals surface area contributed by atoms with Crippen LogP contribution in [0.25, 0.3) is 0 Å². The SMILES string of the molecule is CNC(=O)CN(C)C(C)c1ccc(F)cc1. The van der Waals surface area contributed by atoms with Crippen LogP contribution in [0.5, 0.6) is 0 Å². The largest absolute Gasteiger partial charge is 0.358 e. The summed E-state index contributed by atoms with van der Waals surface area (Å²) < 4.78 is 12.7. The molecule has 1 unspecified atom stereocenters. The molecule has 0 saturated heterocycles. The molecule has 0 aliphatic rings. The molecule has 1 N–H and O–H groups in total. The molecular weight excluding hydrogens is 207 g/mol. The lowest BCUT2D eigenvalue weighted by Crippen LogP contribution is -2.34. The summed E-state index contributed by atoms with van der Waals surface area (Å²) in [5, 5.41) is 2.57. The predicted molar refractivity (Wildman–Crippen MR) is 61.5 cm³/mol.